The van der Waals surface area contributed by atoms with Crippen molar-refractivity contribution in [3.8, 4) is 0 Å². The number of carbonyl (C=O) groups is 1. The summed E-state index contributed by atoms with van der Waals surface area (Å²) in [4.78, 5) is 14.7. The molecule has 170 valence electrons. The second-order valence-electron chi connectivity index (χ2n) is 9.09. The number of carbonyl (C=O) groups excluding carboxylic acids is 1. The summed E-state index contributed by atoms with van der Waals surface area (Å²) in [6.45, 7) is 1.15. The van der Waals surface area contributed by atoms with Crippen molar-refractivity contribution in [3.63, 3.8) is 0 Å². The average Bonchev–Trinajstić information content (AvgIpc) is 3.24. The zero-order valence-electron chi connectivity index (χ0n) is 19.3. The lowest BCUT2D eigenvalue weighted by Crippen LogP contribution is -2.38. The van der Waals surface area contributed by atoms with Crippen LogP contribution in [0.15, 0.2) is 36.4 Å². The minimum absolute atomic E-state index is 0.110. The topological polar surface area (TPSA) is 70.2 Å². The molecule has 1 fully saturated rings. The van der Waals surface area contributed by atoms with Crippen LogP contribution in [0.5, 0.6) is 0 Å². The highest BCUT2D eigenvalue weighted by atomic mass is 16.5. The molecule has 0 saturated heterocycles. The fourth-order valence-corrected chi connectivity index (χ4v) is 4.92. The predicted molar refractivity (Wildman–Crippen MR) is 124 cm³/mol. The number of hydrogen-bond donors (Lipinski definition) is 2. The van der Waals surface area contributed by atoms with Crippen LogP contribution < -0.4 is 5.32 Å². The summed E-state index contributed by atoms with van der Waals surface area (Å²) < 4.78 is 5.05. The first-order valence-electron chi connectivity index (χ1n) is 11.6. The predicted octanol–water partition coefficient (Wildman–Crippen LogP) is 4.05. The smallest absolute Gasteiger partial charge is 0.271 e. The normalized spacial score (nSPS) is 20.0. The molecule has 1 aliphatic rings. The summed E-state index contributed by atoms with van der Waals surface area (Å²) in [7, 11) is 6.08. The number of benzene rings is 1. The Balaban J connectivity index is 1.38. The first kappa shape index (κ1) is 23.5. The molecule has 1 aliphatic carbocycles. The van der Waals surface area contributed by atoms with Crippen molar-refractivity contribution in [1.29, 1.82) is 0 Å². The van der Waals surface area contributed by atoms with Crippen molar-refractivity contribution in [2.75, 3.05) is 27.7 Å². The Morgan fingerprint density at radius 1 is 1.23 bits per heavy atom. The Labute approximate surface area is 186 Å². The Hall–Kier alpha value is -2.18. The van der Waals surface area contributed by atoms with E-state index in [1.807, 2.05) is 0 Å². The van der Waals surface area contributed by atoms with Crippen LogP contribution in [-0.4, -0.2) is 54.8 Å². The number of rotatable bonds is 11. The van der Waals surface area contributed by atoms with Gasteiger partial charge in [0.15, 0.2) is 0 Å². The molecule has 31 heavy (non-hydrogen) atoms. The zero-order chi connectivity index (χ0) is 22.1. The molecule has 0 radical (unpaired) electrons. The molecule has 6 heteroatoms. The van der Waals surface area contributed by atoms with Crippen molar-refractivity contribution in [3.05, 3.63) is 53.3 Å². The molecule has 0 spiro atoms. The van der Waals surface area contributed by atoms with Crippen LogP contribution in [0.1, 0.15) is 60.3 Å². The number of methoxy groups -OCH3 is 1. The first-order chi connectivity index (χ1) is 15.1. The van der Waals surface area contributed by atoms with Crippen LogP contribution >= 0.6 is 0 Å². The Kier molecular flexibility index (Phi) is 9.10. The molecule has 3 rings (SSSR count). The third-order valence-corrected chi connectivity index (χ3v) is 6.67. The molecule has 0 aliphatic heterocycles. The monoisotopic (exact) mass is 426 g/mol. The van der Waals surface area contributed by atoms with E-state index in [-0.39, 0.29) is 5.91 Å². The molecule has 0 bridgehead atoms. The summed E-state index contributed by atoms with van der Waals surface area (Å²) in [5, 5.41) is 9.92. The number of aromatic nitrogens is 2. The van der Waals surface area contributed by atoms with E-state index in [1.54, 1.807) is 13.2 Å². The molecule has 2 N–H and O–H groups in total. The third kappa shape index (κ3) is 7.18. The van der Waals surface area contributed by atoms with E-state index in [9.17, 15) is 4.79 Å². The second kappa shape index (κ2) is 12.0. The van der Waals surface area contributed by atoms with Gasteiger partial charge >= 0.3 is 0 Å². The summed E-state index contributed by atoms with van der Waals surface area (Å²) in [5.41, 5.74) is 2.68. The van der Waals surface area contributed by atoms with E-state index in [2.05, 4.69) is 64.8 Å². The van der Waals surface area contributed by atoms with Crippen LogP contribution in [0.25, 0.3) is 0 Å². The van der Waals surface area contributed by atoms with Gasteiger partial charge in [-0.1, -0.05) is 43.2 Å². The number of aromatic amines is 1. The molecular weight excluding hydrogens is 388 g/mol. The maximum Gasteiger partial charge on any atom is 0.271 e. The maximum absolute atomic E-state index is 12.3. The lowest BCUT2D eigenvalue weighted by Gasteiger charge is -2.37. The van der Waals surface area contributed by atoms with Crippen molar-refractivity contribution < 1.29 is 9.53 Å². The molecule has 2 aromatic rings. The highest BCUT2D eigenvalue weighted by molar-refractivity contribution is 5.92. The van der Waals surface area contributed by atoms with Gasteiger partial charge in [0.05, 0.1) is 12.3 Å². The van der Waals surface area contributed by atoms with Crippen LogP contribution in [0.4, 0.5) is 0 Å². The molecule has 1 amide bonds. The number of nitrogens with zero attached hydrogens (tertiary/aromatic N) is 2. The van der Waals surface area contributed by atoms with Crippen LogP contribution in [0, 0.1) is 11.8 Å². The van der Waals surface area contributed by atoms with Crippen LogP contribution in [0.2, 0.25) is 0 Å². The van der Waals surface area contributed by atoms with Gasteiger partial charge in [-0.05, 0) is 69.7 Å². The summed E-state index contributed by atoms with van der Waals surface area (Å²) in [6, 6.07) is 13.2. The Morgan fingerprint density at radius 3 is 2.65 bits per heavy atom. The summed E-state index contributed by atoms with van der Waals surface area (Å²) in [5.74, 6) is 1.37. The lowest BCUT2D eigenvalue weighted by molar-refractivity contribution is 0.0941. The highest BCUT2D eigenvalue weighted by Gasteiger charge is 2.28. The third-order valence-electron chi connectivity index (χ3n) is 6.67. The van der Waals surface area contributed by atoms with Crippen molar-refractivity contribution in [2.24, 2.45) is 11.8 Å². The molecule has 1 heterocycles. The summed E-state index contributed by atoms with van der Waals surface area (Å²) >= 11 is 0. The SMILES string of the molecule is COCc1cc(C(=O)NCCC2CCC(C(CCc3ccccc3)N(C)C)CC2)n[nH]1. The van der Waals surface area contributed by atoms with Crippen molar-refractivity contribution in [1.82, 2.24) is 20.4 Å². The van der Waals surface area contributed by atoms with Crippen LogP contribution in [-0.2, 0) is 17.8 Å². The van der Waals surface area contributed by atoms with Gasteiger partial charge < -0.3 is 15.0 Å². The molecular formula is C25H38N4O2. The number of nitrogens with one attached hydrogen (secondary N) is 2. The standard InChI is InChI=1S/C25H38N4O2/c1-29(2)24(14-11-19-7-5-4-6-8-19)21-12-9-20(10-13-21)15-16-26-25(30)23-17-22(18-31-3)27-28-23/h4-8,17,20-21,24H,9-16,18H2,1-3H3,(H,26,30)(H,27,28). The quantitative estimate of drug-likeness (QED) is 0.569. The van der Waals surface area contributed by atoms with Gasteiger partial charge in [-0.2, -0.15) is 5.10 Å². The second-order valence-corrected chi connectivity index (χ2v) is 9.09. The fourth-order valence-electron chi connectivity index (χ4n) is 4.92. The average molecular weight is 427 g/mol. The highest BCUT2D eigenvalue weighted by Crippen LogP contribution is 2.35. The van der Waals surface area contributed by atoms with Gasteiger partial charge in [0, 0.05) is 19.7 Å². The molecule has 1 atom stereocenters. The molecule has 1 aromatic carbocycles. The molecule has 1 aromatic heterocycles. The first-order valence-corrected chi connectivity index (χ1v) is 11.6. The maximum atomic E-state index is 12.3. The van der Waals surface area contributed by atoms with Crippen LogP contribution in [0.3, 0.4) is 0 Å². The Bertz CT molecular complexity index is 782. The number of ether oxygens (including phenoxy) is 1. The molecule has 1 unspecified atom stereocenters. The minimum Gasteiger partial charge on any atom is -0.378 e. The zero-order valence-corrected chi connectivity index (χ0v) is 19.3. The van der Waals surface area contributed by atoms with Gasteiger partial charge in [0.25, 0.3) is 5.91 Å². The van der Waals surface area contributed by atoms with E-state index >= 15 is 0 Å². The van der Waals surface area contributed by atoms with E-state index < -0.39 is 0 Å². The fraction of sp³-hybridized carbons (Fsp3) is 0.600. The van der Waals surface area contributed by atoms with Gasteiger partial charge in [0.1, 0.15) is 5.69 Å². The largest absolute Gasteiger partial charge is 0.378 e. The van der Waals surface area contributed by atoms with Gasteiger partial charge in [-0.15, -0.1) is 0 Å². The van der Waals surface area contributed by atoms with Crippen molar-refractivity contribution in [2.45, 2.75) is 57.6 Å². The van der Waals surface area contributed by atoms with Crippen molar-refractivity contribution >= 4 is 5.91 Å². The number of amides is 1. The Morgan fingerprint density at radius 2 is 1.97 bits per heavy atom. The molecule has 1 saturated carbocycles. The molecule has 6 nitrogen and oxygen atoms in total. The van der Waals surface area contributed by atoms with E-state index in [1.165, 1.54) is 37.7 Å². The minimum atomic E-state index is -0.110. The van der Waals surface area contributed by atoms with E-state index in [0.29, 0.717) is 30.8 Å². The number of aryl methyl sites for hydroxylation is 1. The van der Waals surface area contributed by atoms with E-state index in [4.69, 9.17) is 4.74 Å². The number of hydrogen-bond acceptors (Lipinski definition) is 4. The van der Waals surface area contributed by atoms with Gasteiger partial charge in [-0.3, -0.25) is 9.89 Å². The van der Waals surface area contributed by atoms with Gasteiger partial charge in [-0.25, -0.2) is 0 Å². The summed E-state index contributed by atoms with van der Waals surface area (Å²) in [6.07, 6.45) is 8.51. The lowest BCUT2D eigenvalue weighted by atomic mass is 9.76. The van der Waals surface area contributed by atoms with Gasteiger partial charge in [0.2, 0.25) is 0 Å². The van der Waals surface area contributed by atoms with E-state index in [0.717, 1.165) is 24.5 Å². The number of H-pyrrole nitrogens is 1.